The Bertz CT molecular complexity index is 877. The van der Waals surface area contributed by atoms with Crippen LogP contribution in [0.4, 0.5) is 17.1 Å². The van der Waals surface area contributed by atoms with Crippen molar-refractivity contribution in [3.05, 3.63) is 46.3 Å². The Balaban J connectivity index is 1.81. The lowest BCUT2D eigenvalue weighted by molar-refractivity contribution is -0.384. The summed E-state index contributed by atoms with van der Waals surface area (Å²) in [4.78, 5) is 36.7. The van der Waals surface area contributed by atoms with Gasteiger partial charge in [-0.3, -0.25) is 24.4 Å². The minimum Gasteiger partial charge on any atom is -0.368 e. The Labute approximate surface area is 148 Å². The van der Waals surface area contributed by atoms with Crippen LogP contribution in [-0.4, -0.2) is 46.2 Å². The van der Waals surface area contributed by atoms with Crippen LogP contribution in [0.3, 0.4) is 0 Å². The summed E-state index contributed by atoms with van der Waals surface area (Å²) in [5.41, 5.74) is 0.818. The minimum atomic E-state index is -0.584. The largest absolute Gasteiger partial charge is 0.368 e. The van der Waals surface area contributed by atoms with E-state index in [1.165, 1.54) is 25.2 Å². The summed E-state index contributed by atoms with van der Waals surface area (Å²) < 4.78 is 1.60. The van der Waals surface area contributed by atoms with Crippen LogP contribution in [0.2, 0.25) is 0 Å². The molecule has 1 unspecified atom stereocenters. The molecule has 136 valence electrons. The lowest BCUT2D eigenvalue weighted by Gasteiger charge is -2.16. The van der Waals surface area contributed by atoms with E-state index in [2.05, 4.69) is 15.7 Å². The van der Waals surface area contributed by atoms with Gasteiger partial charge in [0.25, 0.3) is 11.6 Å². The molecule has 1 saturated heterocycles. The van der Waals surface area contributed by atoms with Gasteiger partial charge in [0.2, 0.25) is 5.91 Å². The molecule has 0 bridgehead atoms. The van der Waals surface area contributed by atoms with Gasteiger partial charge in [-0.05, 0) is 18.6 Å². The van der Waals surface area contributed by atoms with Gasteiger partial charge in [0.15, 0.2) is 0 Å². The highest BCUT2D eigenvalue weighted by atomic mass is 16.6. The van der Waals surface area contributed by atoms with Crippen molar-refractivity contribution in [3.63, 3.8) is 0 Å². The second-order valence-corrected chi connectivity index (χ2v) is 5.92. The molecule has 0 spiro atoms. The summed E-state index contributed by atoms with van der Waals surface area (Å²) >= 11 is 0. The van der Waals surface area contributed by atoms with E-state index in [0.717, 1.165) is 0 Å². The average Bonchev–Trinajstić information content (AvgIpc) is 3.20. The fourth-order valence-corrected chi connectivity index (χ4v) is 2.90. The lowest BCUT2D eigenvalue weighted by Crippen LogP contribution is -2.33. The molecule has 2 heterocycles. The number of nitrogens with one attached hydrogen (secondary N) is 2. The summed E-state index contributed by atoms with van der Waals surface area (Å²) in [6.45, 7) is 0.492. The van der Waals surface area contributed by atoms with Gasteiger partial charge < -0.3 is 15.5 Å². The predicted octanol–water partition coefficient (Wildman–Crippen LogP) is 0.905. The molecule has 0 aliphatic carbocycles. The third kappa shape index (κ3) is 3.21. The first kappa shape index (κ1) is 17.4. The topological polar surface area (TPSA) is 122 Å². The van der Waals surface area contributed by atoms with Crippen molar-refractivity contribution in [2.45, 2.75) is 12.5 Å². The summed E-state index contributed by atoms with van der Waals surface area (Å²) in [6, 6.07) is 3.54. The molecule has 0 saturated carbocycles. The fraction of sp³-hybridized carbons (Fsp3) is 0.312. The summed E-state index contributed by atoms with van der Waals surface area (Å²) in [5, 5.41) is 20.8. The molecule has 1 aliphatic heterocycles. The Morgan fingerprint density at radius 1 is 1.42 bits per heavy atom. The van der Waals surface area contributed by atoms with Crippen molar-refractivity contribution in [1.29, 1.82) is 0 Å². The van der Waals surface area contributed by atoms with Crippen molar-refractivity contribution in [2.24, 2.45) is 7.05 Å². The molecule has 1 aliphatic rings. The predicted molar refractivity (Wildman–Crippen MR) is 94.1 cm³/mol. The first-order valence-corrected chi connectivity index (χ1v) is 7.98. The number of anilines is 2. The Kier molecular flexibility index (Phi) is 4.57. The molecule has 1 atom stereocenters. The van der Waals surface area contributed by atoms with Gasteiger partial charge in [-0.15, -0.1) is 0 Å². The van der Waals surface area contributed by atoms with Crippen molar-refractivity contribution in [2.75, 3.05) is 23.8 Å². The van der Waals surface area contributed by atoms with E-state index >= 15 is 0 Å². The normalized spacial score (nSPS) is 16.6. The van der Waals surface area contributed by atoms with Crippen LogP contribution in [0.25, 0.3) is 0 Å². The smallest absolute Gasteiger partial charge is 0.293 e. The van der Waals surface area contributed by atoms with Gasteiger partial charge >= 0.3 is 0 Å². The zero-order valence-electron chi connectivity index (χ0n) is 14.3. The molecule has 1 fully saturated rings. The van der Waals surface area contributed by atoms with E-state index in [4.69, 9.17) is 0 Å². The molecule has 3 rings (SSSR count). The molecule has 2 N–H and O–H groups in total. The van der Waals surface area contributed by atoms with Gasteiger partial charge in [0, 0.05) is 38.5 Å². The van der Waals surface area contributed by atoms with E-state index in [1.807, 2.05) is 0 Å². The number of hydrogen-bond donors (Lipinski definition) is 2. The van der Waals surface area contributed by atoms with Crippen molar-refractivity contribution < 1.29 is 14.5 Å². The lowest BCUT2D eigenvalue weighted by atomic mass is 10.1. The van der Waals surface area contributed by atoms with Crippen molar-refractivity contribution in [3.8, 4) is 0 Å². The highest BCUT2D eigenvalue weighted by Crippen LogP contribution is 2.29. The number of hydrogen-bond acceptors (Lipinski definition) is 6. The molecule has 10 nitrogen and oxygen atoms in total. The Hall–Kier alpha value is -3.43. The Morgan fingerprint density at radius 2 is 2.19 bits per heavy atom. The number of nitro benzene ring substituents is 1. The van der Waals surface area contributed by atoms with Crippen LogP contribution in [0.15, 0.2) is 30.6 Å². The molecule has 0 radical (unpaired) electrons. The van der Waals surface area contributed by atoms with Gasteiger partial charge in [-0.2, -0.15) is 5.10 Å². The molecule has 2 aromatic rings. The second kappa shape index (κ2) is 6.82. The van der Waals surface area contributed by atoms with Crippen LogP contribution < -0.4 is 15.5 Å². The molecule has 1 aromatic heterocycles. The van der Waals surface area contributed by atoms with Crippen LogP contribution in [0, 0.1) is 10.1 Å². The van der Waals surface area contributed by atoms with E-state index in [0.29, 0.717) is 18.7 Å². The maximum Gasteiger partial charge on any atom is 0.293 e. The van der Waals surface area contributed by atoms with Gasteiger partial charge in [-0.25, -0.2) is 0 Å². The molecular formula is C16H18N6O4. The summed E-state index contributed by atoms with van der Waals surface area (Å²) in [7, 11) is 3.21. The standard InChI is InChI=1S/C16H18N6O4/c1-17-15(23)10-3-4-12(14(7-10)22(25)26)19-13-5-6-21(16(13)24)11-8-18-20(2)9-11/h3-4,7-9,13,19H,5-6H2,1-2H3,(H,17,23). The van der Waals surface area contributed by atoms with Crippen molar-refractivity contribution in [1.82, 2.24) is 15.1 Å². The number of carbonyl (C=O) groups is 2. The van der Waals surface area contributed by atoms with E-state index in [1.54, 1.807) is 29.0 Å². The third-order valence-corrected chi connectivity index (χ3v) is 4.22. The zero-order valence-corrected chi connectivity index (χ0v) is 14.3. The molecule has 26 heavy (non-hydrogen) atoms. The summed E-state index contributed by atoms with van der Waals surface area (Å²) in [6.07, 6.45) is 3.84. The monoisotopic (exact) mass is 358 g/mol. The van der Waals surface area contributed by atoms with Crippen LogP contribution in [-0.2, 0) is 11.8 Å². The molecular weight excluding hydrogens is 340 g/mol. The first-order valence-electron chi connectivity index (χ1n) is 7.98. The quantitative estimate of drug-likeness (QED) is 0.605. The third-order valence-electron chi connectivity index (χ3n) is 4.22. The van der Waals surface area contributed by atoms with Gasteiger partial charge in [0.1, 0.15) is 11.7 Å². The van der Waals surface area contributed by atoms with E-state index < -0.39 is 16.9 Å². The van der Waals surface area contributed by atoms with Crippen LogP contribution in [0.5, 0.6) is 0 Å². The first-order chi connectivity index (χ1) is 12.4. The summed E-state index contributed by atoms with van der Waals surface area (Å²) in [5.74, 6) is -0.595. The van der Waals surface area contributed by atoms with Gasteiger partial charge in [0.05, 0.1) is 16.8 Å². The average molecular weight is 358 g/mol. The van der Waals surface area contributed by atoms with E-state index in [-0.39, 0.29) is 22.8 Å². The van der Waals surface area contributed by atoms with Crippen LogP contribution >= 0.6 is 0 Å². The molecule has 2 amide bonds. The number of benzene rings is 1. The number of aryl methyl sites for hydroxylation is 1. The number of nitrogens with zero attached hydrogens (tertiary/aromatic N) is 4. The number of nitro groups is 1. The second-order valence-electron chi connectivity index (χ2n) is 5.92. The number of carbonyl (C=O) groups excluding carboxylic acids is 2. The number of amides is 2. The fourth-order valence-electron chi connectivity index (χ4n) is 2.90. The van der Waals surface area contributed by atoms with Crippen LogP contribution in [0.1, 0.15) is 16.8 Å². The van der Waals surface area contributed by atoms with Crippen molar-refractivity contribution >= 4 is 28.9 Å². The number of aromatic nitrogens is 2. The maximum absolute atomic E-state index is 12.6. The minimum absolute atomic E-state index is 0.178. The Morgan fingerprint density at radius 3 is 2.81 bits per heavy atom. The molecule has 10 heteroatoms. The number of rotatable bonds is 5. The van der Waals surface area contributed by atoms with E-state index in [9.17, 15) is 19.7 Å². The molecule has 1 aromatic carbocycles. The van der Waals surface area contributed by atoms with Gasteiger partial charge in [-0.1, -0.05) is 0 Å². The SMILES string of the molecule is CNC(=O)c1ccc(NC2CCN(c3cnn(C)c3)C2=O)c([N+](=O)[O-])c1. The highest BCUT2D eigenvalue weighted by Gasteiger charge is 2.34. The maximum atomic E-state index is 12.6. The highest BCUT2D eigenvalue weighted by molar-refractivity contribution is 6.01. The zero-order chi connectivity index (χ0) is 18.8.